The van der Waals surface area contributed by atoms with Crippen molar-refractivity contribution in [3.63, 3.8) is 0 Å². The van der Waals surface area contributed by atoms with Crippen molar-refractivity contribution < 1.29 is 14.3 Å². The van der Waals surface area contributed by atoms with Crippen LogP contribution in [0.5, 0.6) is 0 Å². The average molecular weight is 256 g/mol. The second kappa shape index (κ2) is 9.12. The minimum Gasteiger partial charge on any atom is -0.393 e. The molecule has 2 unspecified atom stereocenters. The van der Waals surface area contributed by atoms with Gasteiger partial charge in [0.2, 0.25) is 0 Å². The van der Waals surface area contributed by atoms with Crippen LogP contribution >= 0.6 is 0 Å². The molecule has 0 spiro atoms. The van der Waals surface area contributed by atoms with Gasteiger partial charge in [-0.2, -0.15) is 0 Å². The number of ether oxygens (including phenoxy) is 1. The molecule has 0 saturated heterocycles. The highest BCUT2D eigenvalue weighted by molar-refractivity contribution is 5.87. The van der Waals surface area contributed by atoms with Crippen molar-refractivity contribution in [2.45, 2.75) is 66.7 Å². The minimum atomic E-state index is -0.366. The van der Waals surface area contributed by atoms with Crippen LogP contribution in [0.25, 0.3) is 0 Å². The Bertz CT molecular complexity index is 258. The van der Waals surface area contributed by atoms with E-state index in [1.807, 2.05) is 27.7 Å². The molecule has 0 aliphatic heterocycles. The summed E-state index contributed by atoms with van der Waals surface area (Å²) in [4.78, 5) is 23.6. The molecule has 0 aliphatic rings. The van der Waals surface area contributed by atoms with Gasteiger partial charge in [0.1, 0.15) is 0 Å². The summed E-state index contributed by atoms with van der Waals surface area (Å²) in [7, 11) is 0. The van der Waals surface area contributed by atoms with E-state index in [0.29, 0.717) is 6.42 Å². The number of hydrogen-bond acceptors (Lipinski definition) is 3. The van der Waals surface area contributed by atoms with Gasteiger partial charge in [-0.3, -0.25) is 9.59 Å². The predicted octanol–water partition coefficient (Wildman–Crippen LogP) is 3.95. The second-order valence-corrected chi connectivity index (χ2v) is 5.40. The van der Waals surface area contributed by atoms with Gasteiger partial charge in [-0.1, -0.05) is 53.9 Å². The van der Waals surface area contributed by atoms with E-state index in [0.717, 1.165) is 25.7 Å². The van der Waals surface area contributed by atoms with E-state index in [2.05, 4.69) is 6.92 Å². The summed E-state index contributed by atoms with van der Waals surface area (Å²) >= 11 is 0. The van der Waals surface area contributed by atoms with E-state index >= 15 is 0 Å². The van der Waals surface area contributed by atoms with Gasteiger partial charge in [-0.25, -0.2) is 0 Å². The molecule has 2 atom stereocenters. The predicted molar refractivity (Wildman–Crippen MR) is 73.0 cm³/mol. The third-order valence-corrected chi connectivity index (χ3v) is 3.39. The molecule has 0 aliphatic carbocycles. The van der Waals surface area contributed by atoms with Crippen molar-refractivity contribution in [3.8, 4) is 0 Å². The highest BCUT2D eigenvalue weighted by atomic mass is 16.6. The Morgan fingerprint density at radius 3 is 2.06 bits per heavy atom. The first-order valence-corrected chi connectivity index (χ1v) is 7.19. The van der Waals surface area contributed by atoms with Crippen molar-refractivity contribution in [3.05, 3.63) is 0 Å². The van der Waals surface area contributed by atoms with Crippen LogP contribution in [0.2, 0.25) is 0 Å². The highest BCUT2D eigenvalue weighted by Crippen LogP contribution is 2.18. The molecule has 18 heavy (non-hydrogen) atoms. The molecule has 0 N–H and O–H groups in total. The van der Waals surface area contributed by atoms with E-state index in [9.17, 15) is 9.59 Å². The molecular formula is C15H28O3. The van der Waals surface area contributed by atoms with Gasteiger partial charge in [0.25, 0.3) is 0 Å². The zero-order valence-electron chi connectivity index (χ0n) is 12.5. The van der Waals surface area contributed by atoms with Crippen LogP contribution < -0.4 is 0 Å². The molecule has 0 fully saturated rings. The van der Waals surface area contributed by atoms with Gasteiger partial charge in [0, 0.05) is 0 Å². The summed E-state index contributed by atoms with van der Waals surface area (Å²) in [6, 6.07) is 0. The van der Waals surface area contributed by atoms with E-state index in [1.165, 1.54) is 0 Å². The monoisotopic (exact) mass is 256 g/mol. The summed E-state index contributed by atoms with van der Waals surface area (Å²) < 4.78 is 4.98. The Hall–Kier alpha value is -0.860. The molecule has 0 radical (unpaired) electrons. The average Bonchev–Trinajstić information content (AvgIpc) is 2.29. The van der Waals surface area contributed by atoms with Crippen molar-refractivity contribution in [1.29, 1.82) is 0 Å². The van der Waals surface area contributed by atoms with Crippen LogP contribution in [0.3, 0.4) is 0 Å². The van der Waals surface area contributed by atoms with Crippen LogP contribution in [0, 0.1) is 17.8 Å². The summed E-state index contributed by atoms with van der Waals surface area (Å²) in [5.74, 6) is -0.859. The number of unbranched alkanes of at least 4 members (excludes halogenated alkanes) is 2. The van der Waals surface area contributed by atoms with Crippen molar-refractivity contribution >= 4 is 11.9 Å². The Morgan fingerprint density at radius 2 is 1.61 bits per heavy atom. The molecule has 0 rings (SSSR count). The first kappa shape index (κ1) is 17.1. The maximum atomic E-state index is 11.8. The number of esters is 2. The lowest BCUT2D eigenvalue weighted by Gasteiger charge is -2.18. The largest absolute Gasteiger partial charge is 0.393 e. The lowest BCUT2D eigenvalue weighted by molar-refractivity contribution is -0.166. The van der Waals surface area contributed by atoms with Gasteiger partial charge < -0.3 is 4.74 Å². The zero-order chi connectivity index (χ0) is 14.1. The van der Waals surface area contributed by atoms with Gasteiger partial charge in [-0.15, -0.1) is 0 Å². The molecular weight excluding hydrogens is 228 g/mol. The first-order chi connectivity index (χ1) is 8.43. The Balaban J connectivity index is 4.17. The number of hydrogen-bond donors (Lipinski definition) is 0. The molecule has 0 bridgehead atoms. The van der Waals surface area contributed by atoms with Crippen molar-refractivity contribution in [1.82, 2.24) is 0 Å². The van der Waals surface area contributed by atoms with Crippen LogP contribution in [0.15, 0.2) is 0 Å². The summed E-state index contributed by atoms with van der Waals surface area (Å²) in [5.41, 5.74) is 0. The molecule has 3 heteroatoms. The van der Waals surface area contributed by atoms with E-state index in [4.69, 9.17) is 4.74 Å². The molecule has 0 aromatic heterocycles. The molecule has 3 nitrogen and oxygen atoms in total. The third-order valence-electron chi connectivity index (χ3n) is 3.39. The number of carbonyl (C=O) groups excluding carboxylic acids is 2. The first-order valence-electron chi connectivity index (χ1n) is 7.19. The van der Waals surface area contributed by atoms with Crippen molar-refractivity contribution in [2.24, 2.45) is 17.8 Å². The SMILES string of the molecule is CCCCCC(C)C(=O)OC(=O)C(CC)C(C)C. The summed E-state index contributed by atoms with van der Waals surface area (Å²) in [5, 5.41) is 0. The fourth-order valence-electron chi connectivity index (χ4n) is 2.00. The summed E-state index contributed by atoms with van der Waals surface area (Å²) in [6.45, 7) is 9.86. The number of carbonyl (C=O) groups is 2. The molecule has 106 valence electrons. The smallest absolute Gasteiger partial charge is 0.316 e. The topological polar surface area (TPSA) is 43.4 Å². The van der Waals surface area contributed by atoms with E-state index in [-0.39, 0.29) is 29.7 Å². The lowest BCUT2D eigenvalue weighted by Crippen LogP contribution is -2.27. The molecule has 0 amide bonds. The fourth-order valence-corrected chi connectivity index (χ4v) is 2.00. The van der Waals surface area contributed by atoms with Gasteiger partial charge in [0.05, 0.1) is 11.8 Å². The Labute approximate surface area is 111 Å². The molecule has 0 aromatic carbocycles. The molecule has 0 saturated carbocycles. The van der Waals surface area contributed by atoms with Crippen LogP contribution in [0.4, 0.5) is 0 Å². The van der Waals surface area contributed by atoms with Crippen molar-refractivity contribution in [2.75, 3.05) is 0 Å². The third kappa shape index (κ3) is 6.18. The maximum Gasteiger partial charge on any atom is 0.316 e. The highest BCUT2D eigenvalue weighted by Gasteiger charge is 2.26. The Morgan fingerprint density at radius 1 is 1.00 bits per heavy atom. The lowest BCUT2D eigenvalue weighted by atomic mass is 9.93. The maximum absolute atomic E-state index is 11.8. The quantitative estimate of drug-likeness (QED) is 0.375. The van der Waals surface area contributed by atoms with Gasteiger partial charge in [-0.05, 0) is 18.8 Å². The molecule has 0 heterocycles. The van der Waals surface area contributed by atoms with Crippen LogP contribution in [0.1, 0.15) is 66.7 Å². The standard InChI is InChI=1S/C15H28O3/c1-6-8-9-10-12(5)14(16)18-15(17)13(7-2)11(3)4/h11-13H,6-10H2,1-5H3. The molecule has 0 aromatic rings. The zero-order valence-corrected chi connectivity index (χ0v) is 12.5. The van der Waals surface area contributed by atoms with Crippen LogP contribution in [-0.4, -0.2) is 11.9 Å². The van der Waals surface area contributed by atoms with Gasteiger partial charge in [0.15, 0.2) is 0 Å². The van der Waals surface area contributed by atoms with Gasteiger partial charge >= 0.3 is 11.9 Å². The normalized spacial score (nSPS) is 14.3. The number of rotatable bonds is 8. The van der Waals surface area contributed by atoms with E-state index in [1.54, 1.807) is 0 Å². The second-order valence-electron chi connectivity index (χ2n) is 5.40. The Kier molecular flexibility index (Phi) is 8.69. The van der Waals surface area contributed by atoms with Crippen LogP contribution in [-0.2, 0) is 14.3 Å². The fraction of sp³-hybridized carbons (Fsp3) is 0.867. The summed E-state index contributed by atoms with van der Waals surface area (Å²) in [6.07, 6.45) is 4.79. The van der Waals surface area contributed by atoms with E-state index < -0.39 is 0 Å². The minimum absolute atomic E-state index is 0.170.